The van der Waals surface area contributed by atoms with Crippen molar-refractivity contribution in [1.29, 1.82) is 0 Å². The van der Waals surface area contributed by atoms with Crippen LogP contribution in [0, 0.1) is 12.7 Å². The first kappa shape index (κ1) is 24.7. The fourth-order valence-corrected chi connectivity index (χ4v) is 4.80. The van der Waals surface area contributed by atoms with Crippen molar-refractivity contribution in [3.8, 4) is 0 Å². The molecular weight excluding hydrogens is 491 g/mol. The first-order valence-electron chi connectivity index (χ1n) is 12.1. The molecule has 1 N–H and O–H groups in total. The van der Waals surface area contributed by atoms with E-state index in [-0.39, 0.29) is 18.5 Å². The molecule has 4 aromatic rings. The molecule has 1 atom stereocenters. The number of nitrogens with zero attached hydrogens (tertiary/aromatic N) is 3. The van der Waals surface area contributed by atoms with E-state index >= 15 is 0 Å². The van der Waals surface area contributed by atoms with Crippen molar-refractivity contribution in [2.24, 2.45) is 0 Å². The standard InChI is InChI=1S/C29H26ClFN4O2/c1-18-26(17-37-28(36)24-9-5-6-10-25(24)30)33-29(32-22-13-11-21(31)12-14-22)34-27(18)35-16-15-20-7-3-4-8-23(20)19(35)2/h3-14,19H,15-17H2,1-2H3,(H,32,33,34). The first-order valence-corrected chi connectivity index (χ1v) is 12.4. The number of carbonyl (C=O) groups is 1. The van der Waals surface area contributed by atoms with Crippen LogP contribution in [0.4, 0.5) is 21.8 Å². The zero-order valence-electron chi connectivity index (χ0n) is 20.5. The summed E-state index contributed by atoms with van der Waals surface area (Å²) < 4.78 is 19.0. The van der Waals surface area contributed by atoms with Gasteiger partial charge < -0.3 is 15.0 Å². The lowest BCUT2D eigenvalue weighted by molar-refractivity contribution is 0.0467. The lowest BCUT2D eigenvalue weighted by Gasteiger charge is -2.37. The van der Waals surface area contributed by atoms with Crippen LogP contribution in [0.3, 0.4) is 0 Å². The van der Waals surface area contributed by atoms with E-state index in [4.69, 9.17) is 21.3 Å². The van der Waals surface area contributed by atoms with Crippen LogP contribution in [0.15, 0.2) is 72.8 Å². The van der Waals surface area contributed by atoms with E-state index in [0.29, 0.717) is 27.9 Å². The van der Waals surface area contributed by atoms with Crippen LogP contribution in [-0.2, 0) is 17.8 Å². The molecule has 8 heteroatoms. The Labute approximate surface area is 220 Å². The van der Waals surface area contributed by atoms with Gasteiger partial charge in [0.25, 0.3) is 0 Å². The maximum absolute atomic E-state index is 13.4. The third kappa shape index (κ3) is 5.27. The van der Waals surface area contributed by atoms with Gasteiger partial charge in [-0.25, -0.2) is 14.2 Å². The van der Waals surface area contributed by atoms with Crippen LogP contribution < -0.4 is 10.2 Å². The highest BCUT2D eigenvalue weighted by Gasteiger charge is 2.27. The van der Waals surface area contributed by atoms with Crippen LogP contribution in [0.1, 0.15) is 45.7 Å². The maximum Gasteiger partial charge on any atom is 0.340 e. The molecular formula is C29H26ClFN4O2. The molecule has 1 unspecified atom stereocenters. The molecule has 37 heavy (non-hydrogen) atoms. The van der Waals surface area contributed by atoms with Gasteiger partial charge in [-0.15, -0.1) is 0 Å². The minimum absolute atomic E-state index is 0.0533. The van der Waals surface area contributed by atoms with Crippen LogP contribution in [0.2, 0.25) is 5.02 Å². The normalized spacial score (nSPS) is 14.7. The molecule has 0 spiro atoms. The van der Waals surface area contributed by atoms with Gasteiger partial charge in [-0.2, -0.15) is 4.98 Å². The molecule has 0 saturated carbocycles. The molecule has 1 aromatic heterocycles. The molecule has 0 bridgehead atoms. The Balaban J connectivity index is 1.48. The number of nitrogens with one attached hydrogen (secondary N) is 1. The Morgan fingerprint density at radius 1 is 1.08 bits per heavy atom. The highest BCUT2D eigenvalue weighted by Crippen LogP contribution is 2.35. The van der Waals surface area contributed by atoms with Gasteiger partial charge in [0.05, 0.1) is 22.3 Å². The largest absolute Gasteiger partial charge is 0.456 e. The van der Waals surface area contributed by atoms with E-state index in [1.807, 2.05) is 13.0 Å². The van der Waals surface area contributed by atoms with Gasteiger partial charge in [-0.3, -0.25) is 0 Å². The molecule has 6 nitrogen and oxygen atoms in total. The van der Waals surface area contributed by atoms with E-state index < -0.39 is 5.97 Å². The lowest BCUT2D eigenvalue weighted by atomic mass is 9.93. The Bertz CT molecular complexity index is 1440. The molecule has 3 aromatic carbocycles. The Kier molecular flexibility index (Phi) is 7.06. The van der Waals surface area contributed by atoms with Gasteiger partial charge in [0.15, 0.2) is 0 Å². The number of rotatable bonds is 6. The summed E-state index contributed by atoms with van der Waals surface area (Å²) in [6.07, 6.45) is 0.890. The molecule has 188 valence electrons. The Morgan fingerprint density at radius 2 is 1.81 bits per heavy atom. The number of hydrogen-bond acceptors (Lipinski definition) is 6. The summed E-state index contributed by atoms with van der Waals surface area (Å²) in [5.74, 6) is 0.231. The quantitative estimate of drug-likeness (QED) is 0.284. The van der Waals surface area contributed by atoms with Gasteiger partial charge >= 0.3 is 5.97 Å². The third-order valence-electron chi connectivity index (χ3n) is 6.62. The number of esters is 1. The summed E-state index contributed by atoms with van der Waals surface area (Å²) >= 11 is 6.17. The van der Waals surface area contributed by atoms with E-state index in [2.05, 4.69) is 40.3 Å². The van der Waals surface area contributed by atoms with E-state index in [1.165, 1.54) is 23.3 Å². The molecule has 1 aliphatic rings. The molecule has 0 saturated heterocycles. The van der Waals surface area contributed by atoms with Gasteiger partial charge in [0.1, 0.15) is 18.2 Å². The van der Waals surface area contributed by atoms with Crippen molar-refractivity contribution in [3.05, 3.63) is 112 Å². The van der Waals surface area contributed by atoms with Crippen LogP contribution >= 0.6 is 11.6 Å². The molecule has 0 fully saturated rings. The second-order valence-corrected chi connectivity index (χ2v) is 9.36. The van der Waals surface area contributed by atoms with Gasteiger partial charge in [0.2, 0.25) is 5.95 Å². The number of ether oxygens (including phenoxy) is 1. The number of carbonyl (C=O) groups excluding carboxylic acids is 1. The van der Waals surface area contributed by atoms with Gasteiger partial charge in [0, 0.05) is 17.8 Å². The Hall–Kier alpha value is -3.97. The van der Waals surface area contributed by atoms with Crippen molar-refractivity contribution in [2.45, 2.75) is 32.9 Å². The third-order valence-corrected chi connectivity index (χ3v) is 6.95. The van der Waals surface area contributed by atoms with Gasteiger partial charge in [-0.05, 0) is 67.8 Å². The lowest BCUT2D eigenvalue weighted by Crippen LogP contribution is -2.35. The molecule has 0 amide bonds. The van der Waals surface area contributed by atoms with Crippen molar-refractivity contribution >= 4 is 35.0 Å². The SMILES string of the molecule is Cc1c(COC(=O)c2ccccc2Cl)nc(Nc2ccc(F)cc2)nc1N1CCc2ccccc2C1C. The van der Waals surface area contributed by atoms with Crippen molar-refractivity contribution in [2.75, 3.05) is 16.8 Å². The fourth-order valence-electron chi connectivity index (χ4n) is 4.59. The topological polar surface area (TPSA) is 67.3 Å². The van der Waals surface area contributed by atoms with E-state index in [9.17, 15) is 9.18 Å². The molecule has 5 rings (SSSR count). The molecule has 2 heterocycles. The van der Waals surface area contributed by atoms with Crippen molar-refractivity contribution in [3.63, 3.8) is 0 Å². The highest BCUT2D eigenvalue weighted by molar-refractivity contribution is 6.33. The highest BCUT2D eigenvalue weighted by atomic mass is 35.5. The first-order chi connectivity index (χ1) is 17.9. The summed E-state index contributed by atoms with van der Waals surface area (Å²) in [5, 5.41) is 3.49. The van der Waals surface area contributed by atoms with E-state index in [0.717, 1.165) is 24.3 Å². The average Bonchev–Trinajstić information content (AvgIpc) is 2.91. The summed E-state index contributed by atoms with van der Waals surface area (Å²) in [6.45, 7) is 4.82. The summed E-state index contributed by atoms with van der Waals surface area (Å²) in [4.78, 5) is 24.5. The second-order valence-electron chi connectivity index (χ2n) is 8.95. The van der Waals surface area contributed by atoms with Crippen LogP contribution in [0.25, 0.3) is 0 Å². The molecule has 1 aliphatic heterocycles. The minimum Gasteiger partial charge on any atom is -0.456 e. The van der Waals surface area contributed by atoms with Crippen LogP contribution in [0.5, 0.6) is 0 Å². The number of hydrogen-bond donors (Lipinski definition) is 1. The molecule has 0 radical (unpaired) electrons. The number of halogens is 2. The number of benzene rings is 3. The predicted molar refractivity (Wildman–Crippen MR) is 143 cm³/mol. The fraction of sp³-hybridized carbons (Fsp3) is 0.207. The number of anilines is 3. The van der Waals surface area contributed by atoms with E-state index in [1.54, 1.807) is 36.4 Å². The van der Waals surface area contributed by atoms with Crippen LogP contribution in [-0.4, -0.2) is 22.5 Å². The Morgan fingerprint density at radius 3 is 2.59 bits per heavy atom. The average molecular weight is 517 g/mol. The van der Waals surface area contributed by atoms with Gasteiger partial charge in [-0.1, -0.05) is 48.0 Å². The summed E-state index contributed by atoms with van der Waals surface area (Å²) in [7, 11) is 0. The van der Waals surface area contributed by atoms with Crippen molar-refractivity contribution in [1.82, 2.24) is 9.97 Å². The predicted octanol–water partition coefficient (Wildman–Crippen LogP) is 6.80. The number of aromatic nitrogens is 2. The monoisotopic (exact) mass is 516 g/mol. The zero-order valence-corrected chi connectivity index (χ0v) is 21.3. The molecule has 0 aliphatic carbocycles. The summed E-state index contributed by atoms with van der Waals surface area (Å²) in [6, 6.07) is 21.2. The zero-order chi connectivity index (χ0) is 25.9. The smallest absolute Gasteiger partial charge is 0.340 e. The minimum atomic E-state index is -0.529. The second kappa shape index (κ2) is 10.6. The maximum atomic E-state index is 13.4. The number of fused-ring (bicyclic) bond motifs is 1. The summed E-state index contributed by atoms with van der Waals surface area (Å²) in [5.41, 5.74) is 4.92. The van der Waals surface area contributed by atoms with Crippen molar-refractivity contribution < 1.29 is 13.9 Å².